The predicted molar refractivity (Wildman–Crippen MR) is 110 cm³/mol. The molecule has 0 unspecified atom stereocenters. The zero-order valence-corrected chi connectivity index (χ0v) is 17.1. The van der Waals surface area contributed by atoms with Crippen LogP contribution in [-0.4, -0.2) is 38.8 Å². The molecule has 1 aromatic carbocycles. The first-order chi connectivity index (χ1) is 14.0. The minimum Gasteiger partial charge on any atom is -0.378 e. The monoisotopic (exact) mass is 426 g/mol. The van der Waals surface area contributed by atoms with Crippen LogP contribution < -0.4 is 15.5 Å². The molecule has 2 aromatic rings. The second-order valence-electron chi connectivity index (χ2n) is 6.62. The van der Waals surface area contributed by atoms with Crippen LogP contribution >= 0.6 is 11.3 Å². The van der Waals surface area contributed by atoms with E-state index in [4.69, 9.17) is 4.74 Å². The van der Waals surface area contributed by atoms with Gasteiger partial charge in [0.05, 0.1) is 25.3 Å². The first-order valence-electron chi connectivity index (χ1n) is 9.53. The van der Waals surface area contributed by atoms with Gasteiger partial charge in [0, 0.05) is 31.9 Å². The summed E-state index contributed by atoms with van der Waals surface area (Å²) >= 11 is 1.59. The highest BCUT2D eigenvalue weighted by molar-refractivity contribution is 7.07. The largest absolute Gasteiger partial charge is 0.416 e. The number of halogens is 3. The number of anilines is 1. The average molecular weight is 427 g/mol. The van der Waals surface area contributed by atoms with E-state index in [0.29, 0.717) is 51.0 Å². The lowest BCUT2D eigenvalue weighted by Crippen LogP contribution is -2.37. The highest BCUT2D eigenvalue weighted by Gasteiger charge is 2.34. The molecule has 29 heavy (non-hydrogen) atoms. The van der Waals surface area contributed by atoms with Crippen LogP contribution in [0.3, 0.4) is 0 Å². The third kappa shape index (κ3) is 6.11. The van der Waals surface area contributed by atoms with E-state index in [1.807, 2.05) is 28.7 Å². The number of nitrogens with one attached hydrogen (secondary N) is 2. The van der Waals surface area contributed by atoms with Gasteiger partial charge in [-0.1, -0.05) is 6.07 Å². The van der Waals surface area contributed by atoms with Crippen molar-refractivity contribution in [1.82, 2.24) is 10.6 Å². The lowest BCUT2D eigenvalue weighted by Gasteiger charge is -2.29. The molecule has 0 saturated carbocycles. The highest BCUT2D eigenvalue weighted by Crippen LogP contribution is 2.35. The maximum atomic E-state index is 13.7. The van der Waals surface area contributed by atoms with Gasteiger partial charge in [0.2, 0.25) is 0 Å². The Labute approximate surface area is 172 Å². The Morgan fingerprint density at radius 3 is 2.66 bits per heavy atom. The summed E-state index contributed by atoms with van der Waals surface area (Å²) in [6.45, 7) is 5.28. The lowest BCUT2D eigenvalue weighted by molar-refractivity contribution is -0.138. The third-order valence-electron chi connectivity index (χ3n) is 4.57. The van der Waals surface area contributed by atoms with Crippen molar-refractivity contribution in [2.45, 2.75) is 26.2 Å². The molecule has 5 nitrogen and oxygen atoms in total. The number of guanidine groups is 1. The molecular weight excluding hydrogens is 401 g/mol. The number of aliphatic imine (C=N–C) groups is 1. The van der Waals surface area contributed by atoms with Gasteiger partial charge in [0.15, 0.2) is 5.96 Å². The maximum Gasteiger partial charge on any atom is 0.416 e. The molecule has 1 aromatic heterocycles. The van der Waals surface area contributed by atoms with Crippen molar-refractivity contribution in [1.29, 1.82) is 0 Å². The molecule has 2 N–H and O–H groups in total. The Balaban J connectivity index is 1.74. The zero-order chi connectivity index (χ0) is 20.7. The van der Waals surface area contributed by atoms with Gasteiger partial charge in [-0.15, -0.1) is 0 Å². The standard InChI is InChI=1S/C20H25F3N4OS/c1-2-24-19(25-12-15-5-10-29-14-15)26-13-16-3-4-17(11-18(16)20(21,22)23)27-6-8-28-9-7-27/h3-5,10-11,14H,2,6-9,12-13H2,1H3,(H2,24,25,26). The molecule has 0 atom stereocenters. The Kier molecular flexibility index (Phi) is 7.38. The van der Waals surface area contributed by atoms with Gasteiger partial charge < -0.3 is 20.3 Å². The predicted octanol–water partition coefficient (Wildman–Crippen LogP) is 3.86. The van der Waals surface area contributed by atoms with E-state index in [1.54, 1.807) is 23.5 Å². The topological polar surface area (TPSA) is 48.9 Å². The fourth-order valence-electron chi connectivity index (χ4n) is 3.07. The van der Waals surface area contributed by atoms with Crippen LogP contribution in [0.15, 0.2) is 40.0 Å². The number of morpholine rings is 1. The number of benzene rings is 1. The van der Waals surface area contributed by atoms with E-state index < -0.39 is 11.7 Å². The Morgan fingerprint density at radius 2 is 2.00 bits per heavy atom. The van der Waals surface area contributed by atoms with Crippen molar-refractivity contribution < 1.29 is 17.9 Å². The quantitative estimate of drug-likeness (QED) is 0.544. The zero-order valence-electron chi connectivity index (χ0n) is 16.3. The summed E-state index contributed by atoms with van der Waals surface area (Å²) in [6.07, 6.45) is -4.43. The minimum absolute atomic E-state index is 0.0354. The molecule has 0 aliphatic carbocycles. The van der Waals surface area contributed by atoms with Crippen LogP contribution in [0.25, 0.3) is 0 Å². The van der Waals surface area contributed by atoms with Crippen LogP contribution in [0, 0.1) is 0 Å². The number of rotatable bonds is 6. The number of alkyl halides is 3. The van der Waals surface area contributed by atoms with Crippen molar-refractivity contribution in [3.63, 3.8) is 0 Å². The van der Waals surface area contributed by atoms with Crippen molar-refractivity contribution in [3.8, 4) is 0 Å². The van der Waals surface area contributed by atoms with Crippen molar-refractivity contribution in [2.24, 2.45) is 4.99 Å². The van der Waals surface area contributed by atoms with Crippen molar-refractivity contribution in [3.05, 3.63) is 51.7 Å². The van der Waals surface area contributed by atoms with E-state index in [-0.39, 0.29) is 12.1 Å². The van der Waals surface area contributed by atoms with E-state index in [2.05, 4.69) is 15.6 Å². The second-order valence-corrected chi connectivity index (χ2v) is 7.40. The number of hydrogen-bond donors (Lipinski definition) is 2. The summed E-state index contributed by atoms with van der Waals surface area (Å²) in [6, 6.07) is 6.50. The molecule has 9 heteroatoms. The van der Waals surface area contributed by atoms with E-state index in [9.17, 15) is 13.2 Å². The maximum absolute atomic E-state index is 13.7. The number of ether oxygens (including phenoxy) is 1. The van der Waals surface area contributed by atoms with E-state index >= 15 is 0 Å². The summed E-state index contributed by atoms with van der Waals surface area (Å²) in [7, 11) is 0. The van der Waals surface area contributed by atoms with Gasteiger partial charge in [-0.3, -0.25) is 0 Å². The normalized spacial score (nSPS) is 15.4. The van der Waals surface area contributed by atoms with Crippen LogP contribution in [0.4, 0.5) is 18.9 Å². The molecule has 2 heterocycles. The fourth-order valence-corrected chi connectivity index (χ4v) is 3.73. The summed E-state index contributed by atoms with van der Waals surface area (Å²) in [5.41, 5.74) is 1.21. The SMILES string of the molecule is CCNC(=NCc1ccsc1)NCc1ccc(N2CCOCC2)cc1C(F)(F)F. The molecule has 0 spiro atoms. The molecule has 1 saturated heterocycles. The average Bonchev–Trinajstić information content (AvgIpc) is 3.23. The van der Waals surface area contributed by atoms with Gasteiger partial charge in [-0.2, -0.15) is 24.5 Å². The molecule has 0 bridgehead atoms. The molecule has 3 rings (SSSR count). The number of nitrogens with zero attached hydrogens (tertiary/aromatic N) is 2. The molecule has 158 valence electrons. The van der Waals surface area contributed by atoms with E-state index in [0.717, 1.165) is 5.56 Å². The van der Waals surface area contributed by atoms with Gasteiger partial charge in [0.1, 0.15) is 0 Å². The molecule has 1 aliphatic heterocycles. The first kappa shape index (κ1) is 21.4. The van der Waals surface area contributed by atoms with Crippen molar-refractivity contribution in [2.75, 3.05) is 37.7 Å². The Hall–Kier alpha value is -2.26. The highest BCUT2D eigenvalue weighted by atomic mass is 32.1. The molecule has 1 aliphatic rings. The smallest absolute Gasteiger partial charge is 0.378 e. The van der Waals surface area contributed by atoms with Gasteiger partial charge in [-0.05, 0) is 47.0 Å². The Bertz CT molecular complexity index is 803. The van der Waals surface area contributed by atoms with Gasteiger partial charge >= 0.3 is 6.18 Å². The summed E-state index contributed by atoms with van der Waals surface area (Å²) in [5.74, 6) is 0.490. The fraction of sp³-hybridized carbons (Fsp3) is 0.450. The van der Waals surface area contributed by atoms with Crippen LogP contribution in [0.2, 0.25) is 0 Å². The van der Waals surface area contributed by atoms with Crippen molar-refractivity contribution >= 4 is 23.0 Å². The Morgan fingerprint density at radius 1 is 1.21 bits per heavy atom. The molecule has 0 radical (unpaired) electrons. The van der Waals surface area contributed by atoms with Crippen LogP contribution in [-0.2, 0) is 24.0 Å². The van der Waals surface area contributed by atoms with Gasteiger partial charge in [-0.25, -0.2) is 4.99 Å². The summed E-state index contributed by atoms with van der Waals surface area (Å²) in [4.78, 5) is 6.37. The summed E-state index contributed by atoms with van der Waals surface area (Å²) in [5, 5.41) is 10.1. The molecule has 1 fully saturated rings. The number of hydrogen-bond acceptors (Lipinski definition) is 4. The second kappa shape index (κ2) is 9.98. The van der Waals surface area contributed by atoms with Crippen LogP contribution in [0.5, 0.6) is 0 Å². The lowest BCUT2D eigenvalue weighted by atomic mass is 10.0. The van der Waals surface area contributed by atoms with E-state index in [1.165, 1.54) is 6.07 Å². The number of thiophene rings is 1. The molecular formula is C20H25F3N4OS. The van der Waals surface area contributed by atoms with Crippen LogP contribution in [0.1, 0.15) is 23.6 Å². The first-order valence-corrected chi connectivity index (χ1v) is 10.5. The third-order valence-corrected chi connectivity index (χ3v) is 5.30. The minimum atomic E-state index is -4.43. The molecule has 0 amide bonds. The van der Waals surface area contributed by atoms with Gasteiger partial charge in [0.25, 0.3) is 0 Å². The summed E-state index contributed by atoms with van der Waals surface area (Å²) < 4.78 is 46.3.